The van der Waals surface area contributed by atoms with E-state index in [9.17, 15) is 0 Å². The Morgan fingerprint density at radius 3 is 2.85 bits per heavy atom. The highest BCUT2D eigenvalue weighted by Crippen LogP contribution is 2.11. The Kier molecular flexibility index (Phi) is 5.43. The van der Waals surface area contributed by atoms with Crippen molar-refractivity contribution in [3.05, 3.63) is 12.2 Å². The second-order valence-electron chi connectivity index (χ2n) is 2.75. The van der Waals surface area contributed by atoms with Gasteiger partial charge in [0, 0.05) is 18.8 Å². The van der Waals surface area contributed by atoms with E-state index >= 15 is 0 Å². The molecule has 0 unspecified atom stereocenters. The fraction of sp³-hybridized carbons (Fsp3) is 0.667. The third-order valence-corrected chi connectivity index (χ3v) is 3.28. The quantitative estimate of drug-likeness (QED) is 0.517. The number of nitrogens with zero attached hydrogens (tertiary/aromatic N) is 1. The maximum Gasteiger partial charge on any atom is 0.136 e. The van der Waals surface area contributed by atoms with Gasteiger partial charge >= 0.3 is 0 Å². The number of thiocarbonyl (C=S) groups is 1. The summed E-state index contributed by atoms with van der Waals surface area (Å²) in [5.74, 6) is 0.979. The van der Waals surface area contributed by atoms with Gasteiger partial charge in [0.1, 0.15) is 4.32 Å². The highest BCUT2D eigenvalue weighted by molar-refractivity contribution is 8.23. The van der Waals surface area contributed by atoms with Gasteiger partial charge in [-0.15, -0.1) is 0 Å². The Hall–Kier alpha value is -0.0600. The van der Waals surface area contributed by atoms with Crippen LogP contribution >= 0.6 is 24.0 Å². The number of thioether (sulfide) groups is 1. The zero-order valence-electron chi connectivity index (χ0n) is 7.86. The summed E-state index contributed by atoms with van der Waals surface area (Å²) >= 11 is 7.01. The predicted octanol–water partition coefficient (Wildman–Crippen LogP) is 1.91. The summed E-state index contributed by atoms with van der Waals surface area (Å²) < 4.78 is 6.25. The molecule has 1 aliphatic rings. The number of rotatable bonds is 2. The monoisotopic (exact) mass is 217 g/mol. The summed E-state index contributed by atoms with van der Waals surface area (Å²) in [6, 6.07) is 0. The molecule has 0 aliphatic carbocycles. The van der Waals surface area contributed by atoms with Gasteiger partial charge in [-0.1, -0.05) is 36.1 Å². The first-order valence-electron chi connectivity index (χ1n) is 4.45. The first-order valence-corrected chi connectivity index (χ1v) is 5.84. The lowest BCUT2D eigenvalue weighted by atomic mass is 10.5. The van der Waals surface area contributed by atoms with Gasteiger partial charge < -0.3 is 9.64 Å². The van der Waals surface area contributed by atoms with Crippen LogP contribution in [0, 0.1) is 0 Å². The molecule has 1 saturated heterocycles. The molecule has 1 rings (SSSR count). The van der Waals surface area contributed by atoms with Crippen LogP contribution in [0.25, 0.3) is 0 Å². The molecule has 1 fully saturated rings. The Labute approximate surface area is 89.3 Å². The molecule has 1 heterocycles. The lowest BCUT2D eigenvalue weighted by molar-refractivity contribution is 0.0702. The number of morpholine rings is 1. The van der Waals surface area contributed by atoms with Crippen LogP contribution in [-0.2, 0) is 4.74 Å². The Bertz CT molecular complexity index is 188. The molecule has 0 aromatic rings. The molecule has 2 nitrogen and oxygen atoms in total. The number of hydrogen-bond donors (Lipinski definition) is 0. The van der Waals surface area contributed by atoms with Crippen molar-refractivity contribution < 1.29 is 4.74 Å². The molecule has 0 atom stereocenters. The van der Waals surface area contributed by atoms with E-state index in [2.05, 4.69) is 17.1 Å². The molecule has 13 heavy (non-hydrogen) atoms. The van der Waals surface area contributed by atoms with Crippen molar-refractivity contribution in [1.82, 2.24) is 4.90 Å². The molecule has 74 valence electrons. The van der Waals surface area contributed by atoms with Crippen molar-refractivity contribution in [1.29, 1.82) is 0 Å². The van der Waals surface area contributed by atoms with Crippen LogP contribution in [0.5, 0.6) is 0 Å². The first kappa shape index (κ1) is 11.0. The Morgan fingerprint density at radius 1 is 1.54 bits per heavy atom. The van der Waals surface area contributed by atoms with E-state index in [4.69, 9.17) is 17.0 Å². The number of allylic oxidation sites excluding steroid dienone is 1. The Balaban J connectivity index is 2.21. The van der Waals surface area contributed by atoms with Gasteiger partial charge in [-0.2, -0.15) is 0 Å². The van der Waals surface area contributed by atoms with Gasteiger partial charge in [-0.25, -0.2) is 0 Å². The molecule has 0 N–H and O–H groups in total. The van der Waals surface area contributed by atoms with Crippen LogP contribution in [0.3, 0.4) is 0 Å². The predicted molar refractivity (Wildman–Crippen MR) is 62.3 cm³/mol. The van der Waals surface area contributed by atoms with Crippen LogP contribution in [0.2, 0.25) is 0 Å². The smallest absolute Gasteiger partial charge is 0.136 e. The van der Waals surface area contributed by atoms with Crippen LogP contribution in [0.15, 0.2) is 12.2 Å². The zero-order valence-corrected chi connectivity index (χ0v) is 9.50. The van der Waals surface area contributed by atoms with E-state index in [0.29, 0.717) is 0 Å². The summed E-state index contributed by atoms with van der Waals surface area (Å²) in [5.41, 5.74) is 0. The summed E-state index contributed by atoms with van der Waals surface area (Å²) in [5, 5.41) is 0. The molecule has 0 bridgehead atoms. The third-order valence-electron chi connectivity index (χ3n) is 1.81. The average molecular weight is 217 g/mol. The van der Waals surface area contributed by atoms with Gasteiger partial charge in [-0.3, -0.25) is 0 Å². The van der Waals surface area contributed by atoms with Crippen molar-refractivity contribution in [2.75, 3.05) is 32.1 Å². The van der Waals surface area contributed by atoms with Crippen LogP contribution in [0.4, 0.5) is 0 Å². The molecule has 4 heteroatoms. The normalized spacial score (nSPS) is 18.1. The molecule has 0 amide bonds. The molecule has 1 aliphatic heterocycles. The van der Waals surface area contributed by atoms with Gasteiger partial charge in [0.25, 0.3) is 0 Å². The van der Waals surface area contributed by atoms with Gasteiger partial charge in [-0.05, 0) is 6.92 Å². The number of hydrogen-bond acceptors (Lipinski definition) is 3. The van der Waals surface area contributed by atoms with E-state index in [-0.39, 0.29) is 0 Å². The third kappa shape index (κ3) is 4.11. The summed E-state index contributed by atoms with van der Waals surface area (Å²) in [6.45, 7) is 5.54. The molecule has 0 spiro atoms. The van der Waals surface area contributed by atoms with Crippen molar-refractivity contribution in [2.45, 2.75) is 6.92 Å². The molecular formula is C9H15NOS2. The van der Waals surface area contributed by atoms with Crippen molar-refractivity contribution in [3.63, 3.8) is 0 Å². The lowest BCUT2D eigenvalue weighted by Crippen LogP contribution is -2.38. The number of ether oxygens (including phenoxy) is 1. The fourth-order valence-corrected chi connectivity index (χ4v) is 2.24. The van der Waals surface area contributed by atoms with Crippen LogP contribution in [-0.4, -0.2) is 41.3 Å². The minimum Gasteiger partial charge on any atom is -0.378 e. The topological polar surface area (TPSA) is 12.5 Å². The summed E-state index contributed by atoms with van der Waals surface area (Å²) in [6.07, 6.45) is 4.17. The zero-order chi connectivity index (χ0) is 9.52. The Morgan fingerprint density at radius 2 is 2.23 bits per heavy atom. The fourth-order valence-electron chi connectivity index (χ4n) is 1.05. The maximum atomic E-state index is 5.29. The van der Waals surface area contributed by atoms with Gasteiger partial charge in [0.15, 0.2) is 0 Å². The SMILES string of the molecule is C/C=C/CSC(=S)N1CCOCC1. The van der Waals surface area contributed by atoms with Crippen molar-refractivity contribution >= 4 is 28.3 Å². The molecule has 0 aromatic carbocycles. The second-order valence-corrected chi connectivity index (χ2v) is 4.40. The second kappa shape index (κ2) is 6.40. The standard InChI is InChI=1S/C9H15NOS2/c1-2-3-8-13-9(12)10-4-6-11-7-5-10/h2-3H,4-8H2,1H3/b3-2+. The summed E-state index contributed by atoms with van der Waals surface area (Å²) in [4.78, 5) is 2.22. The molecular weight excluding hydrogens is 202 g/mol. The van der Waals surface area contributed by atoms with E-state index < -0.39 is 0 Å². The van der Waals surface area contributed by atoms with Crippen molar-refractivity contribution in [3.8, 4) is 0 Å². The van der Waals surface area contributed by atoms with E-state index in [1.807, 2.05) is 6.92 Å². The van der Waals surface area contributed by atoms with Gasteiger partial charge in [0.2, 0.25) is 0 Å². The molecule has 0 aromatic heterocycles. The van der Waals surface area contributed by atoms with Gasteiger partial charge in [0.05, 0.1) is 13.2 Å². The minimum absolute atomic E-state index is 0.810. The van der Waals surface area contributed by atoms with E-state index in [1.54, 1.807) is 11.8 Å². The average Bonchev–Trinajstić information content (AvgIpc) is 2.19. The highest BCUT2D eigenvalue weighted by atomic mass is 32.2. The highest BCUT2D eigenvalue weighted by Gasteiger charge is 2.12. The molecule has 0 radical (unpaired) electrons. The maximum absolute atomic E-state index is 5.29. The minimum atomic E-state index is 0.810. The lowest BCUT2D eigenvalue weighted by Gasteiger charge is -2.28. The van der Waals surface area contributed by atoms with Crippen LogP contribution in [0.1, 0.15) is 6.92 Å². The summed E-state index contributed by atoms with van der Waals surface area (Å²) in [7, 11) is 0. The van der Waals surface area contributed by atoms with Crippen molar-refractivity contribution in [2.24, 2.45) is 0 Å². The van der Waals surface area contributed by atoms with E-state index in [0.717, 1.165) is 36.4 Å². The van der Waals surface area contributed by atoms with Crippen LogP contribution < -0.4 is 0 Å². The van der Waals surface area contributed by atoms with E-state index in [1.165, 1.54) is 0 Å². The first-order chi connectivity index (χ1) is 6.34. The molecule has 0 saturated carbocycles. The largest absolute Gasteiger partial charge is 0.378 e.